The van der Waals surface area contributed by atoms with Crippen LogP contribution < -0.4 is 5.73 Å². The lowest BCUT2D eigenvalue weighted by atomic mass is 9.92. The monoisotopic (exact) mass is 339 g/mol. The van der Waals surface area contributed by atoms with Gasteiger partial charge in [0.1, 0.15) is 0 Å². The third-order valence-corrected chi connectivity index (χ3v) is 5.08. The van der Waals surface area contributed by atoms with Crippen molar-refractivity contribution in [2.45, 2.75) is 37.8 Å². The number of carbonyl (C=O) groups excluding carboxylic acids is 1. The number of ether oxygens (including phenoxy) is 1. The normalized spacial score (nSPS) is 20.8. The average Bonchev–Trinajstić information content (AvgIpc) is 3.30. The number of rotatable bonds is 4. The summed E-state index contributed by atoms with van der Waals surface area (Å²) in [7, 11) is 1.77. The third kappa shape index (κ3) is 2.80. The second-order valence-electron chi connectivity index (χ2n) is 6.50. The number of fused-ring (bicyclic) bond motifs is 1. The minimum absolute atomic E-state index is 0.339. The van der Waals surface area contributed by atoms with Gasteiger partial charge >= 0.3 is 0 Å². The van der Waals surface area contributed by atoms with E-state index < -0.39 is 5.91 Å². The number of nitrogens with two attached hydrogens (primary N) is 1. The van der Waals surface area contributed by atoms with Gasteiger partial charge in [0.05, 0.1) is 35.3 Å². The molecule has 25 heavy (non-hydrogen) atoms. The van der Waals surface area contributed by atoms with Gasteiger partial charge in [-0.3, -0.25) is 4.79 Å². The predicted molar refractivity (Wildman–Crippen MR) is 93.7 cm³/mol. The molecule has 0 aliphatic heterocycles. The van der Waals surface area contributed by atoms with Crippen molar-refractivity contribution >= 4 is 16.8 Å². The molecule has 3 aromatic rings. The number of hydrogen-bond acceptors (Lipinski definition) is 4. The van der Waals surface area contributed by atoms with Gasteiger partial charge in [-0.05, 0) is 43.9 Å². The van der Waals surface area contributed by atoms with Gasteiger partial charge in [-0.15, -0.1) is 0 Å². The molecule has 1 aromatic carbocycles. The van der Waals surface area contributed by atoms with Crippen LogP contribution >= 0.6 is 0 Å². The molecule has 0 spiro atoms. The predicted octanol–water partition coefficient (Wildman–Crippen LogP) is 2.45. The molecule has 2 N–H and O–H groups in total. The highest BCUT2D eigenvalue weighted by molar-refractivity contribution is 6.06. The van der Waals surface area contributed by atoms with Crippen LogP contribution in [0, 0.1) is 0 Å². The van der Waals surface area contributed by atoms with Crippen molar-refractivity contribution in [3.05, 3.63) is 42.4 Å². The van der Waals surface area contributed by atoms with Gasteiger partial charge in [-0.1, -0.05) is 0 Å². The highest BCUT2D eigenvalue weighted by atomic mass is 16.5. The fourth-order valence-electron chi connectivity index (χ4n) is 3.81. The van der Waals surface area contributed by atoms with Gasteiger partial charge in [0, 0.05) is 24.7 Å². The van der Waals surface area contributed by atoms with Crippen LogP contribution in [0.3, 0.4) is 0 Å². The molecule has 7 heteroatoms. The minimum Gasteiger partial charge on any atom is -0.381 e. The van der Waals surface area contributed by atoms with Crippen LogP contribution in [0.5, 0.6) is 0 Å². The minimum atomic E-state index is -0.440. The molecule has 1 aliphatic rings. The lowest BCUT2D eigenvalue weighted by Gasteiger charge is -2.29. The van der Waals surface area contributed by atoms with E-state index in [0.717, 1.165) is 42.3 Å². The zero-order chi connectivity index (χ0) is 17.4. The maximum atomic E-state index is 12.1. The Balaban J connectivity index is 1.78. The molecule has 1 aliphatic carbocycles. The second kappa shape index (κ2) is 6.33. The lowest BCUT2D eigenvalue weighted by Crippen LogP contribution is -2.23. The van der Waals surface area contributed by atoms with E-state index in [-0.39, 0.29) is 0 Å². The van der Waals surface area contributed by atoms with Gasteiger partial charge < -0.3 is 15.0 Å². The number of methoxy groups -OCH3 is 1. The zero-order valence-corrected chi connectivity index (χ0v) is 14.1. The van der Waals surface area contributed by atoms with Crippen molar-refractivity contribution in [3.63, 3.8) is 0 Å². The topological polar surface area (TPSA) is 88.0 Å². The first-order valence-corrected chi connectivity index (χ1v) is 8.51. The van der Waals surface area contributed by atoms with Crippen molar-refractivity contribution in [2.24, 2.45) is 5.73 Å². The molecule has 1 saturated carbocycles. The second-order valence-corrected chi connectivity index (χ2v) is 6.50. The van der Waals surface area contributed by atoms with Gasteiger partial charge in [0.25, 0.3) is 5.91 Å². The van der Waals surface area contributed by atoms with Crippen LogP contribution in [0.25, 0.3) is 16.6 Å². The highest BCUT2D eigenvalue weighted by Crippen LogP contribution is 2.34. The number of aromatic nitrogens is 4. The Morgan fingerprint density at radius 2 is 1.92 bits per heavy atom. The highest BCUT2D eigenvalue weighted by Gasteiger charge is 2.24. The molecule has 0 atom stereocenters. The number of hydrogen-bond donors (Lipinski definition) is 1. The maximum absolute atomic E-state index is 12.1. The van der Waals surface area contributed by atoms with Gasteiger partial charge in [0.2, 0.25) is 0 Å². The van der Waals surface area contributed by atoms with Crippen molar-refractivity contribution in [1.82, 2.24) is 19.6 Å². The number of amides is 1. The molecular formula is C18H21N5O2. The Kier molecular flexibility index (Phi) is 4.01. The molecule has 4 rings (SSSR count). The van der Waals surface area contributed by atoms with Crippen LogP contribution in [0.2, 0.25) is 0 Å². The molecule has 0 saturated heterocycles. The lowest BCUT2D eigenvalue weighted by molar-refractivity contribution is 0.0589. The molecule has 2 heterocycles. The van der Waals surface area contributed by atoms with E-state index in [0.29, 0.717) is 17.7 Å². The summed E-state index contributed by atoms with van der Waals surface area (Å²) in [6.45, 7) is 0. The van der Waals surface area contributed by atoms with Crippen LogP contribution in [0.15, 0.2) is 36.8 Å². The molecule has 1 amide bonds. The van der Waals surface area contributed by atoms with E-state index in [1.54, 1.807) is 25.6 Å². The van der Waals surface area contributed by atoms with Gasteiger partial charge in [-0.25, -0.2) is 0 Å². The van der Waals surface area contributed by atoms with Gasteiger partial charge in [0.15, 0.2) is 0 Å². The van der Waals surface area contributed by atoms with Crippen molar-refractivity contribution in [2.75, 3.05) is 7.11 Å². The van der Waals surface area contributed by atoms with E-state index in [1.165, 1.54) is 4.80 Å². The Hall–Kier alpha value is -2.67. The number of benzene rings is 1. The summed E-state index contributed by atoms with van der Waals surface area (Å²) >= 11 is 0. The van der Waals surface area contributed by atoms with Gasteiger partial charge in [-0.2, -0.15) is 15.0 Å². The smallest absolute Gasteiger partial charge is 0.250 e. The maximum Gasteiger partial charge on any atom is 0.250 e. The molecule has 0 unspecified atom stereocenters. The fourth-order valence-corrected chi connectivity index (χ4v) is 3.81. The zero-order valence-electron chi connectivity index (χ0n) is 14.1. The van der Waals surface area contributed by atoms with Crippen molar-refractivity contribution in [1.29, 1.82) is 0 Å². The molecular weight excluding hydrogens is 318 g/mol. The van der Waals surface area contributed by atoms with Crippen LogP contribution in [-0.2, 0) is 4.74 Å². The molecule has 7 nitrogen and oxygen atoms in total. The summed E-state index contributed by atoms with van der Waals surface area (Å²) in [6.07, 6.45) is 9.72. The number of carbonyl (C=O) groups is 1. The summed E-state index contributed by atoms with van der Waals surface area (Å²) in [4.78, 5) is 13.6. The van der Waals surface area contributed by atoms with Crippen molar-refractivity contribution in [3.8, 4) is 5.69 Å². The summed E-state index contributed by atoms with van der Waals surface area (Å²) in [5.74, 6) is -0.440. The van der Waals surface area contributed by atoms with Crippen LogP contribution in [0.4, 0.5) is 0 Å². The Bertz CT molecular complexity index is 892. The number of nitrogens with zero attached hydrogens (tertiary/aromatic N) is 4. The standard InChI is InChI=1S/C18H21N5O2/c1-25-15-4-2-13(3-5-15)22-9-6-12-10-14(23-20-7-8-21-23)11-16(17(12)22)18(19)24/h6-11,13,15H,2-5H2,1H3,(H2,19,24). The third-order valence-electron chi connectivity index (χ3n) is 5.08. The summed E-state index contributed by atoms with van der Waals surface area (Å²) in [5, 5.41) is 9.25. The van der Waals surface area contributed by atoms with E-state index in [1.807, 2.05) is 12.1 Å². The van der Waals surface area contributed by atoms with Crippen LogP contribution in [-0.4, -0.2) is 38.7 Å². The molecule has 0 bridgehead atoms. The first-order valence-electron chi connectivity index (χ1n) is 8.51. The summed E-state index contributed by atoms with van der Waals surface area (Å²) < 4.78 is 7.66. The number of primary amides is 1. The first-order chi connectivity index (χ1) is 12.2. The van der Waals surface area contributed by atoms with E-state index >= 15 is 0 Å². The average molecular weight is 339 g/mol. The van der Waals surface area contributed by atoms with E-state index in [9.17, 15) is 4.79 Å². The van der Waals surface area contributed by atoms with Crippen LogP contribution in [0.1, 0.15) is 42.1 Å². The van der Waals surface area contributed by atoms with E-state index in [4.69, 9.17) is 10.5 Å². The molecule has 130 valence electrons. The SMILES string of the molecule is COC1CCC(n2ccc3cc(-n4nccn4)cc(C(N)=O)c32)CC1. The van der Waals surface area contributed by atoms with Crippen molar-refractivity contribution < 1.29 is 9.53 Å². The quantitative estimate of drug-likeness (QED) is 0.791. The Labute approximate surface area is 145 Å². The van der Waals surface area contributed by atoms with E-state index in [2.05, 4.69) is 21.0 Å². The Morgan fingerprint density at radius 1 is 1.20 bits per heavy atom. The Morgan fingerprint density at radius 3 is 2.56 bits per heavy atom. The largest absolute Gasteiger partial charge is 0.381 e. The summed E-state index contributed by atoms with van der Waals surface area (Å²) in [6, 6.07) is 6.13. The summed E-state index contributed by atoms with van der Waals surface area (Å²) in [5.41, 5.74) is 7.81. The fraction of sp³-hybridized carbons (Fsp3) is 0.389. The molecule has 0 radical (unpaired) electrons. The molecule has 1 fully saturated rings. The first kappa shape index (κ1) is 15.8. The molecule has 2 aromatic heterocycles.